The van der Waals surface area contributed by atoms with E-state index >= 15 is 0 Å². The molecule has 16 N–H and O–H groups in total. The molecule has 1 heterocycles. The number of rotatable bonds is 19. The lowest BCUT2D eigenvalue weighted by Gasteiger charge is -2.25. The van der Waals surface area contributed by atoms with Crippen LogP contribution in [0.4, 0.5) is 0 Å². The first-order chi connectivity index (χ1) is 22.9. The third-order valence-corrected chi connectivity index (χ3v) is 7.56. The molecule has 0 aliphatic carbocycles. The number of primary amides is 1. The number of aliphatic imine (C=N–C) groups is 2. The van der Waals surface area contributed by atoms with Gasteiger partial charge in [-0.25, -0.2) is 0 Å². The van der Waals surface area contributed by atoms with E-state index in [-0.39, 0.29) is 44.1 Å². The molecule has 0 fully saturated rings. The number of para-hydroxylation sites is 1. The Labute approximate surface area is 278 Å². The van der Waals surface area contributed by atoms with Crippen molar-refractivity contribution in [2.75, 3.05) is 13.1 Å². The zero-order valence-corrected chi connectivity index (χ0v) is 26.7. The molecule has 0 bridgehead atoms. The van der Waals surface area contributed by atoms with Crippen molar-refractivity contribution in [3.8, 4) is 0 Å². The zero-order valence-electron chi connectivity index (χ0n) is 26.7. The van der Waals surface area contributed by atoms with Crippen LogP contribution in [0.2, 0.25) is 0 Å². The van der Waals surface area contributed by atoms with Crippen LogP contribution in [0.1, 0.15) is 36.8 Å². The second-order valence-corrected chi connectivity index (χ2v) is 11.3. The first-order valence-corrected chi connectivity index (χ1v) is 15.6. The van der Waals surface area contributed by atoms with Crippen molar-refractivity contribution in [2.45, 2.75) is 62.7 Å². The van der Waals surface area contributed by atoms with Gasteiger partial charge in [0.25, 0.3) is 0 Å². The molecule has 16 heteroatoms. The van der Waals surface area contributed by atoms with Crippen molar-refractivity contribution in [3.63, 3.8) is 0 Å². The van der Waals surface area contributed by atoms with Gasteiger partial charge in [-0.2, -0.15) is 0 Å². The Morgan fingerprint density at radius 2 is 1.21 bits per heavy atom. The number of guanidine groups is 2. The number of hydrogen-bond acceptors (Lipinski definition) is 7. The molecule has 0 saturated carbocycles. The molecule has 16 nitrogen and oxygen atoms in total. The highest BCUT2D eigenvalue weighted by molar-refractivity contribution is 5.95. The van der Waals surface area contributed by atoms with Crippen LogP contribution in [0.5, 0.6) is 0 Å². The number of fused-ring (bicyclic) bond motifs is 1. The van der Waals surface area contributed by atoms with Crippen molar-refractivity contribution in [3.05, 3.63) is 71.9 Å². The molecule has 4 amide bonds. The minimum atomic E-state index is -1.15. The Bertz CT molecular complexity index is 1580. The topological polar surface area (TPSA) is 301 Å². The fourth-order valence-electron chi connectivity index (χ4n) is 5.05. The Balaban J connectivity index is 1.84. The molecule has 48 heavy (non-hydrogen) atoms. The van der Waals surface area contributed by atoms with Gasteiger partial charge in [0.15, 0.2) is 11.9 Å². The van der Waals surface area contributed by atoms with Gasteiger partial charge in [0.1, 0.15) is 18.1 Å². The molecular weight excluding hydrogens is 616 g/mol. The highest BCUT2D eigenvalue weighted by Gasteiger charge is 2.31. The SMILES string of the molecule is NC(=O)[C@H](CCCN=C(N)N)NC(=O)[C@H](Cc1c[nH]c2ccccc12)NC(=O)[C@H](Cc1ccccc1)NC(=O)[C@@H](N)CCCN=C(N)N. The Morgan fingerprint density at radius 3 is 1.83 bits per heavy atom. The molecular formula is C32H46N12O4. The average molecular weight is 663 g/mol. The van der Waals surface area contributed by atoms with E-state index in [1.165, 1.54) is 0 Å². The number of aromatic amines is 1. The van der Waals surface area contributed by atoms with Gasteiger partial charge < -0.3 is 55.3 Å². The van der Waals surface area contributed by atoms with E-state index in [0.29, 0.717) is 19.4 Å². The lowest BCUT2D eigenvalue weighted by atomic mass is 10.0. The number of amides is 4. The molecule has 1 aromatic heterocycles. The van der Waals surface area contributed by atoms with Crippen LogP contribution >= 0.6 is 0 Å². The first kappa shape index (κ1) is 36.8. The summed E-state index contributed by atoms with van der Waals surface area (Å²) < 4.78 is 0. The summed E-state index contributed by atoms with van der Waals surface area (Å²) in [6.45, 7) is 0.525. The smallest absolute Gasteiger partial charge is 0.243 e. The minimum absolute atomic E-state index is 0.0630. The predicted molar refractivity (Wildman–Crippen MR) is 185 cm³/mol. The number of hydrogen-bond donors (Lipinski definition) is 10. The quantitative estimate of drug-likeness (QED) is 0.0398. The molecule has 0 saturated heterocycles. The van der Waals surface area contributed by atoms with E-state index in [1.54, 1.807) is 6.20 Å². The van der Waals surface area contributed by atoms with Gasteiger partial charge in [-0.15, -0.1) is 0 Å². The molecule has 3 aromatic rings. The number of aromatic nitrogens is 1. The fourth-order valence-corrected chi connectivity index (χ4v) is 5.05. The zero-order chi connectivity index (χ0) is 35.1. The second kappa shape index (κ2) is 18.5. The number of H-pyrrole nitrogens is 1. The highest BCUT2D eigenvalue weighted by atomic mass is 16.2. The number of carbonyl (C=O) groups is 4. The van der Waals surface area contributed by atoms with Crippen LogP contribution in [-0.2, 0) is 32.0 Å². The largest absolute Gasteiger partial charge is 0.370 e. The van der Waals surface area contributed by atoms with E-state index in [0.717, 1.165) is 22.0 Å². The summed E-state index contributed by atoms with van der Waals surface area (Å²) in [5.74, 6) is -2.73. The molecule has 258 valence electrons. The van der Waals surface area contributed by atoms with Gasteiger partial charge in [-0.05, 0) is 42.9 Å². The summed E-state index contributed by atoms with van der Waals surface area (Å²) in [5, 5.41) is 9.07. The van der Waals surface area contributed by atoms with Crippen LogP contribution in [-0.4, -0.2) is 77.8 Å². The maximum atomic E-state index is 13.9. The third-order valence-electron chi connectivity index (χ3n) is 7.56. The van der Waals surface area contributed by atoms with Gasteiger partial charge in [-0.3, -0.25) is 29.2 Å². The van der Waals surface area contributed by atoms with Crippen molar-refractivity contribution in [1.82, 2.24) is 20.9 Å². The van der Waals surface area contributed by atoms with Crippen LogP contribution < -0.4 is 50.4 Å². The molecule has 0 unspecified atom stereocenters. The number of benzene rings is 2. The van der Waals surface area contributed by atoms with E-state index in [1.807, 2.05) is 54.6 Å². The molecule has 2 aromatic carbocycles. The highest BCUT2D eigenvalue weighted by Crippen LogP contribution is 2.19. The summed E-state index contributed by atoms with van der Waals surface area (Å²) >= 11 is 0. The van der Waals surface area contributed by atoms with Crippen molar-refractivity contribution in [1.29, 1.82) is 0 Å². The Morgan fingerprint density at radius 1 is 0.667 bits per heavy atom. The van der Waals surface area contributed by atoms with E-state index in [4.69, 9.17) is 34.4 Å². The third kappa shape index (κ3) is 11.9. The van der Waals surface area contributed by atoms with Gasteiger partial charge >= 0.3 is 0 Å². The van der Waals surface area contributed by atoms with E-state index < -0.39 is 47.8 Å². The standard InChI is InChI=1S/C32H46N12O4/c33-22(11-6-14-39-31(35)36)28(46)43-25(16-19-8-2-1-3-9-19)29(47)44-26(17-20-18-41-23-12-5-4-10-21(20)23)30(48)42-24(27(34)45)13-7-15-40-32(37)38/h1-5,8-10,12,18,22,24-26,41H,6-7,11,13-17,33H2,(H2,34,45)(H,42,48)(H,43,46)(H,44,47)(H4,35,36,39)(H4,37,38,40)/t22-,24-,25-,26-/m0/s1. The van der Waals surface area contributed by atoms with E-state index in [2.05, 4.69) is 30.9 Å². The van der Waals surface area contributed by atoms with Gasteiger partial charge in [-0.1, -0.05) is 48.5 Å². The van der Waals surface area contributed by atoms with Crippen LogP contribution in [0.3, 0.4) is 0 Å². The number of nitrogens with two attached hydrogens (primary N) is 6. The van der Waals surface area contributed by atoms with Crippen molar-refractivity contribution >= 4 is 46.5 Å². The van der Waals surface area contributed by atoms with Crippen molar-refractivity contribution in [2.24, 2.45) is 44.4 Å². The fraction of sp³-hybridized carbons (Fsp3) is 0.375. The number of nitrogens with one attached hydrogen (secondary N) is 4. The predicted octanol–water partition coefficient (Wildman–Crippen LogP) is -1.67. The molecule has 0 aliphatic heterocycles. The lowest BCUT2D eigenvalue weighted by molar-refractivity contribution is -0.133. The number of nitrogens with zero attached hydrogens (tertiary/aromatic N) is 2. The van der Waals surface area contributed by atoms with Gasteiger partial charge in [0.2, 0.25) is 23.6 Å². The van der Waals surface area contributed by atoms with Crippen LogP contribution in [0.15, 0.2) is 70.8 Å². The van der Waals surface area contributed by atoms with Gasteiger partial charge in [0.05, 0.1) is 6.04 Å². The van der Waals surface area contributed by atoms with Gasteiger partial charge in [0, 0.05) is 43.0 Å². The first-order valence-electron chi connectivity index (χ1n) is 15.6. The molecule has 3 rings (SSSR count). The van der Waals surface area contributed by atoms with Crippen LogP contribution in [0, 0.1) is 0 Å². The summed E-state index contributed by atoms with van der Waals surface area (Å²) in [7, 11) is 0. The normalized spacial score (nSPS) is 13.4. The molecule has 0 radical (unpaired) electrons. The monoisotopic (exact) mass is 662 g/mol. The summed E-state index contributed by atoms with van der Waals surface area (Å²) in [6, 6.07) is 12.4. The Kier molecular flexibility index (Phi) is 14.2. The van der Waals surface area contributed by atoms with Crippen LogP contribution in [0.25, 0.3) is 10.9 Å². The summed E-state index contributed by atoms with van der Waals surface area (Å²) in [5.41, 5.74) is 35.6. The molecule has 0 spiro atoms. The molecule has 4 atom stereocenters. The lowest BCUT2D eigenvalue weighted by Crippen LogP contribution is -2.58. The second-order valence-electron chi connectivity index (χ2n) is 11.3. The summed E-state index contributed by atoms with van der Waals surface area (Å²) in [4.78, 5) is 64.0. The maximum Gasteiger partial charge on any atom is 0.243 e. The average Bonchev–Trinajstić information content (AvgIpc) is 3.46. The summed E-state index contributed by atoms with van der Waals surface area (Å²) in [6.07, 6.45) is 3.19. The number of carbonyl (C=O) groups excluding carboxylic acids is 4. The maximum absolute atomic E-state index is 13.9. The Hall–Kier alpha value is -5.64. The van der Waals surface area contributed by atoms with Crippen molar-refractivity contribution < 1.29 is 19.2 Å². The minimum Gasteiger partial charge on any atom is -0.370 e. The van der Waals surface area contributed by atoms with E-state index in [9.17, 15) is 19.2 Å². The molecule has 0 aliphatic rings.